The van der Waals surface area contributed by atoms with Crippen molar-refractivity contribution in [3.63, 3.8) is 0 Å². The van der Waals surface area contributed by atoms with Gasteiger partial charge in [0.2, 0.25) is 11.3 Å². The number of fused-ring (bicyclic) bond motifs is 1. The van der Waals surface area contributed by atoms with Gasteiger partial charge in [-0.25, -0.2) is 27.1 Å². The molecule has 0 aliphatic carbocycles. The van der Waals surface area contributed by atoms with E-state index in [0.29, 0.717) is 28.7 Å². The van der Waals surface area contributed by atoms with Gasteiger partial charge in [0.05, 0.1) is 28.5 Å². The van der Waals surface area contributed by atoms with Gasteiger partial charge in [0.1, 0.15) is 17.5 Å². The molecule has 6 nitrogen and oxygen atoms in total. The first-order chi connectivity index (χ1) is 16.3. The van der Waals surface area contributed by atoms with Crippen LogP contribution in [0.5, 0.6) is 0 Å². The molecule has 0 saturated heterocycles. The average molecular weight is 485 g/mol. The number of hydrogen-bond acceptors (Lipinski definition) is 4. The Morgan fingerprint density at radius 3 is 2.50 bits per heavy atom. The van der Waals surface area contributed by atoms with Crippen molar-refractivity contribution in [3.05, 3.63) is 94.9 Å². The van der Waals surface area contributed by atoms with Gasteiger partial charge in [-0.3, -0.25) is 14.3 Å². The molecular formula is C24H18F3N3O3S. The molecule has 0 amide bonds. The molecule has 0 saturated carbocycles. The van der Waals surface area contributed by atoms with E-state index in [1.54, 1.807) is 12.1 Å². The maximum atomic E-state index is 15.0. The summed E-state index contributed by atoms with van der Waals surface area (Å²) in [6.45, 7) is 0.142. The summed E-state index contributed by atoms with van der Waals surface area (Å²) in [6, 6.07) is 12.3. The second-order valence-corrected chi connectivity index (χ2v) is 8.22. The lowest BCUT2D eigenvalue weighted by Gasteiger charge is -2.10. The van der Waals surface area contributed by atoms with Crippen LogP contribution in [0.2, 0.25) is 0 Å². The summed E-state index contributed by atoms with van der Waals surface area (Å²) in [5.41, 5.74) is 1.36. The number of ketones is 1. The molecule has 1 aromatic heterocycles. The molecular weight excluding hydrogens is 467 g/mol. The van der Waals surface area contributed by atoms with Gasteiger partial charge in [0.15, 0.2) is 5.78 Å². The Hall–Kier alpha value is -3.47. The van der Waals surface area contributed by atoms with Crippen LogP contribution in [-0.4, -0.2) is 31.1 Å². The Labute approximate surface area is 195 Å². The van der Waals surface area contributed by atoms with Gasteiger partial charge in [-0.2, -0.15) is 0 Å². The van der Waals surface area contributed by atoms with Crippen LogP contribution >= 0.6 is 0 Å². The van der Waals surface area contributed by atoms with Gasteiger partial charge >= 0.3 is 0 Å². The zero-order valence-corrected chi connectivity index (χ0v) is 18.4. The Morgan fingerprint density at radius 2 is 1.76 bits per heavy atom. The van der Waals surface area contributed by atoms with E-state index >= 15 is 4.39 Å². The molecule has 4 rings (SSSR count). The van der Waals surface area contributed by atoms with Crippen molar-refractivity contribution in [1.29, 1.82) is 0 Å². The number of aromatic nitrogens is 2. The maximum absolute atomic E-state index is 15.0. The second-order valence-electron chi connectivity index (χ2n) is 7.44. The minimum Gasteiger partial charge on any atom is -0.294 e. The summed E-state index contributed by atoms with van der Waals surface area (Å²) >= 11 is -2.18. The second kappa shape index (κ2) is 10.2. The minimum absolute atomic E-state index is 0.0327. The number of rotatable bonds is 8. The van der Waals surface area contributed by atoms with Gasteiger partial charge in [0.25, 0.3) is 0 Å². The number of hydrogen-bond donors (Lipinski definition) is 2. The van der Waals surface area contributed by atoms with Crippen LogP contribution in [0.25, 0.3) is 22.3 Å². The van der Waals surface area contributed by atoms with E-state index in [1.165, 1.54) is 42.6 Å². The highest BCUT2D eigenvalue weighted by molar-refractivity contribution is 7.77. The number of halogens is 3. The fourth-order valence-electron chi connectivity index (χ4n) is 3.49. The quantitative estimate of drug-likeness (QED) is 0.216. The Kier molecular flexibility index (Phi) is 7.11. The van der Waals surface area contributed by atoms with Crippen LogP contribution in [-0.2, 0) is 17.7 Å². The van der Waals surface area contributed by atoms with Crippen molar-refractivity contribution in [2.24, 2.45) is 0 Å². The Balaban J connectivity index is 1.64. The Morgan fingerprint density at radius 1 is 1.00 bits per heavy atom. The van der Waals surface area contributed by atoms with E-state index in [0.717, 1.165) is 6.07 Å². The SMILES string of the molecule is O=C(c1ccc2ncc(-c3ccc(F)cc3)nc2c1)c1c(F)ccc(CCCNS(=O)O)c1F. The average Bonchev–Trinajstić information content (AvgIpc) is 2.82. The molecule has 10 heteroatoms. The summed E-state index contributed by atoms with van der Waals surface area (Å²) < 4.78 is 64.4. The zero-order chi connectivity index (χ0) is 24.2. The van der Waals surface area contributed by atoms with Crippen molar-refractivity contribution in [2.45, 2.75) is 12.8 Å². The summed E-state index contributed by atoms with van der Waals surface area (Å²) in [7, 11) is 0. The van der Waals surface area contributed by atoms with Crippen molar-refractivity contribution in [1.82, 2.24) is 14.7 Å². The summed E-state index contributed by atoms with van der Waals surface area (Å²) in [4.78, 5) is 21.8. The largest absolute Gasteiger partial charge is 0.294 e. The fourth-order valence-corrected chi connectivity index (χ4v) is 3.81. The third-order valence-corrected chi connectivity index (χ3v) is 5.64. The van der Waals surface area contributed by atoms with Gasteiger partial charge in [-0.15, -0.1) is 0 Å². The summed E-state index contributed by atoms with van der Waals surface area (Å²) in [5.74, 6) is -3.20. The highest BCUT2D eigenvalue weighted by Gasteiger charge is 2.22. The molecule has 1 heterocycles. The highest BCUT2D eigenvalue weighted by Crippen LogP contribution is 2.24. The number of aryl methyl sites for hydroxylation is 1. The van der Waals surface area contributed by atoms with Gasteiger partial charge in [-0.1, -0.05) is 6.07 Å². The first-order valence-electron chi connectivity index (χ1n) is 10.2. The molecule has 34 heavy (non-hydrogen) atoms. The van der Waals surface area contributed by atoms with Crippen LogP contribution in [0.4, 0.5) is 13.2 Å². The summed E-state index contributed by atoms with van der Waals surface area (Å²) in [5, 5.41) is 0. The maximum Gasteiger partial charge on any atom is 0.231 e. The molecule has 2 N–H and O–H groups in total. The highest BCUT2D eigenvalue weighted by atomic mass is 32.2. The monoisotopic (exact) mass is 485 g/mol. The molecule has 0 spiro atoms. The smallest absolute Gasteiger partial charge is 0.231 e. The number of carbonyl (C=O) groups excluding carboxylic acids is 1. The molecule has 0 radical (unpaired) electrons. The van der Waals surface area contributed by atoms with Gasteiger partial charge < -0.3 is 0 Å². The van der Waals surface area contributed by atoms with E-state index in [-0.39, 0.29) is 24.1 Å². The van der Waals surface area contributed by atoms with E-state index in [9.17, 15) is 17.8 Å². The lowest BCUT2D eigenvalue weighted by atomic mass is 9.97. The zero-order valence-electron chi connectivity index (χ0n) is 17.6. The van der Waals surface area contributed by atoms with Crippen LogP contribution in [0.3, 0.4) is 0 Å². The predicted molar refractivity (Wildman–Crippen MR) is 122 cm³/mol. The van der Waals surface area contributed by atoms with Gasteiger partial charge in [0, 0.05) is 17.7 Å². The first kappa shape index (κ1) is 23.7. The molecule has 0 aliphatic heterocycles. The molecule has 0 aliphatic rings. The van der Waals surface area contributed by atoms with E-state index < -0.39 is 40.1 Å². The number of benzene rings is 3. The Bertz CT molecular complexity index is 1400. The van der Waals surface area contributed by atoms with Crippen LogP contribution < -0.4 is 4.72 Å². The number of nitrogens with one attached hydrogen (secondary N) is 1. The predicted octanol–water partition coefficient (Wildman–Crippen LogP) is 4.60. The van der Waals surface area contributed by atoms with Crippen molar-refractivity contribution in [2.75, 3.05) is 6.54 Å². The molecule has 4 aromatic rings. The molecule has 0 bridgehead atoms. The first-order valence-corrected chi connectivity index (χ1v) is 11.3. The topological polar surface area (TPSA) is 92.2 Å². The molecule has 1 unspecified atom stereocenters. The third kappa shape index (κ3) is 5.19. The van der Waals surface area contributed by atoms with Crippen LogP contribution in [0.1, 0.15) is 27.9 Å². The normalized spacial score (nSPS) is 12.1. The van der Waals surface area contributed by atoms with E-state index in [1.807, 2.05) is 0 Å². The molecule has 0 fully saturated rings. The lowest BCUT2D eigenvalue weighted by Crippen LogP contribution is -2.18. The van der Waals surface area contributed by atoms with Crippen molar-refractivity contribution < 1.29 is 26.7 Å². The minimum atomic E-state index is -2.18. The lowest BCUT2D eigenvalue weighted by molar-refractivity contribution is 0.103. The van der Waals surface area contributed by atoms with Crippen LogP contribution in [0.15, 0.2) is 60.8 Å². The van der Waals surface area contributed by atoms with E-state index in [2.05, 4.69) is 14.7 Å². The molecule has 174 valence electrons. The number of nitrogens with zero attached hydrogens (tertiary/aromatic N) is 2. The van der Waals surface area contributed by atoms with Crippen molar-refractivity contribution in [3.8, 4) is 11.3 Å². The number of carbonyl (C=O) groups is 1. The summed E-state index contributed by atoms with van der Waals surface area (Å²) in [6.07, 6.45) is 1.96. The molecule has 3 aromatic carbocycles. The third-order valence-electron chi connectivity index (χ3n) is 5.19. The molecule has 1 atom stereocenters. The van der Waals surface area contributed by atoms with E-state index in [4.69, 9.17) is 4.55 Å². The van der Waals surface area contributed by atoms with Crippen LogP contribution in [0, 0.1) is 17.5 Å². The van der Waals surface area contributed by atoms with Crippen molar-refractivity contribution >= 4 is 28.1 Å². The van der Waals surface area contributed by atoms with Gasteiger partial charge in [-0.05, 0) is 66.9 Å². The fraction of sp³-hybridized carbons (Fsp3) is 0.125. The standard InChI is InChI=1S/C24H18F3N3O3S/c25-17-7-3-14(4-8-17)21-13-28-19-10-6-16(12-20(19)30-21)24(31)22-18(26)9-5-15(23(22)27)2-1-11-29-34(32)33/h3-10,12-13,29H,1-2,11H2,(H,32,33).